The molecule has 0 saturated heterocycles. The van der Waals surface area contributed by atoms with Crippen LogP contribution in [-0.2, 0) is 9.53 Å². The molecule has 1 amide bonds. The molecular weight excluding hydrogens is 298 g/mol. The summed E-state index contributed by atoms with van der Waals surface area (Å²) in [5.41, 5.74) is 0.341. The molecule has 1 aromatic rings. The van der Waals surface area contributed by atoms with Crippen LogP contribution >= 0.6 is 0 Å². The molecule has 1 heterocycles. The topological polar surface area (TPSA) is 73.9 Å². The standard InChI is InChI=1S/C17H21NO5/c1-11-4-2-3-5-13(11)18-16(19)9-21-17(20)12-6-7-14-15(8-12)23-10-22-14/h6-8,11,13H,2-5,9-10H2,1H3,(H,18,19)/t11-,13-/m0/s1. The van der Waals surface area contributed by atoms with E-state index in [9.17, 15) is 9.59 Å². The first-order valence-electron chi connectivity index (χ1n) is 7.99. The lowest BCUT2D eigenvalue weighted by atomic mass is 9.86. The summed E-state index contributed by atoms with van der Waals surface area (Å²) in [6.45, 7) is 2.02. The Labute approximate surface area is 135 Å². The number of amides is 1. The van der Waals surface area contributed by atoms with Crippen LogP contribution in [0.15, 0.2) is 18.2 Å². The fraction of sp³-hybridized carbons (Fsp3) is 0.529. The Morgan fingerprint density at radius 1 is 1.22 bits per heavy atom. The van der Waals surface area contributed by atoms with Gasteiger partial charge in [0, 0.05) is 6.04 Å². The number of carbonyl (C=O) groups excluding carboxylic acids is 2. The van der Waals surface area contributed by atoms with E-state index in [0.717, 1.165) is 19.3 Å². The van der Waals surface area contributed by atoms with Gasteiger partial charge in [-0.15, -0.1) is 0 Å². The van der Waals surface area contributed by atoms with E-state index >= 15 is 0 Å². The van der Waals surface area contributed by atoms with E-state index in [0.29, 0.717) is 23.0 Å². The summed E-state index contributed by atoms with van der Waals surface area (Å²) < 4.78 is 15.5. The largest absolute Gasteiger partial charge is 0.454 e. The van der Waals surface area contributed by atoms with E-state index in [2.05, 4.69) is 12.2 Å². The van der Waals surface area contributed by atoms with Gasteiger partial charge in [0.15, 0.2) is 18.1 Å². The lowest BCUT2D eigenvalue weighted by Crippen LogP contribution is -2.42. The van der Waals surface area contributed by atoms with Crippen molar-refractivity contribution in [3.63, 3.8) is 0 Å². The third-order valence-electron chi connectivity index (χ3n) is 4.40. The van der Waals surface area contributed by atoms with Gasteiger partial charge in [-0.3, -0.25) is 4.79 Å². The summed E-state index contributed by atoms with van der Waals surface area (Å²) in [6.07, 6.45) is 4.46. The third kappa shape index (κ3) is 3.75. The molecular formula is C17H21NO5. The van der Waals surface area contributed by atoms with Crippen LogP contribution in [0.25, 0.3) is 0 Å². The second kappa shape index (κ2) is 6.89. The van der Waals surface area contributed by atoms with Crippen LogP contribution in [0.5, 0.6) is 11.5 Å². The van der Waals surface area contributed by atoms with Crippen LogP contribution < -0.4 is 14.8 Å². The molecule has 23 heavy (non-hydrogen) atoms. The second-order valence-electron chi connectivity index (χ2n) is 6.08. The third-order valence-corrected chi connectivity index (χ3v) is 4.40. The number of carbonyl (C=O) groups is 2. The predicted molar refractivity (Wildman–Crippen MR) is 82.4 cm³/mol. The van der Waals surface area contributed by atoms with Gasteiger partial charge in [0.25, 0.3) is 5.91 Å². The summed E-state index contributed by atoms with van der Waals surface area (Å²) in [5, 5.41) is 2.96. The van der Waals surface area contributed by atoms with Gasteiger partial charge in [-0.2, -0.15) is 0 Å². The monoisotopic (exact) mass is 319 g/mol. The molecule has 124 valence electrons. The molecule has 1 aliphatic heterocycles. The first-order valence-corrected chi connectivity index (χ1v) is 7.99. The molecule has 2 aliphatic rings. The zero-order chi connectivity index (χ0) is 16.2. The lowest BCUT2D eigenvalue weighted by molar-refractivity contribution is -0.125. The number of hydrogen-bond donors (Lipinski definition) is 1. The van der Waals surface area contributed by atoms with Crippen LogP contribution in [0, 0.1) is 5.92 Å². The molecule has 1 saturated carbocycles. The molecule has 2 atom stereocenters. The molecule has 0 bridgehead atoms. The first-order chi connectivity index (χ1) is 11.1. The molecule has 1 N–H and O–H groups in total. The number of hydrogen-bond acceptors (Lipinski definition) is 5. The van der Waals surface area contributed by atoms with Crippen molar-refractivity contribution in [1.82, 2.24) is 5.32 Å². The Morgan fingerprint density at radius 3 is 2.83 bits per heavy atom. The highest BCUT2D eigenvalue weighted by Crippen LogP contribution is 2.32. The van der Waals surface area contributed by atoms with Gasteiger partial charge in [-0.25, -0.2) is 4.79 Å². The number of rotatable bonds is 4. The Kier molecular flexibility index (Phi) is 4.69. The summed E-state index contributed by atoms with van der Waals surface area (Å²) >= 11 is 0. The van der Waals surface area contributed by atoms with Crippen molar-refractivity contribution in [2.75, 3.05) is 13.4 Å². The zero-order valence-electron chi connectivity index (χ0n) is 13.2. The van der Waals surface area contributed by atoms with Crippen LogP contribution in [0.4, 0.5) is 0 Å². The van der Waals surface area contributed by atoms with Crippen LogP contribution in [-0.4, -0.2) is 31.3 Å². The van der Waals surface area contributed by atoms with Gasteiger partial charge < -0.3 is 19.5 Å². The van der Waals surface area contributed by atoms with Gasteiger partial charge in [-0.1, -0.05) is 19.8 Å². The molecule has 1 aliphatic carbocycles. The van der Waals surface area contributed by atoms with E-state index in [-0.39, 0.29) is 25.3 Å². The van der Waals surface area contributed by atoms with E-state index in [1.165, 1.54) is 6.42 Å². The summed E-state index contributed by atoms with van der Waals surface area (Å²) in [5.74, 6) is 0.788. The van der Waals surface area contributed by atoms with Crippen molar-refractivity contribution < 1.29 is 23.8 Å². The highest BCUT2D eigenvalue weighted by Gasteiger charge is 2.23. The van der Waals surface area contributed by atoms with Crippen LogP contribution in [0.3, 0.4) is 0 Å². The zero-order valence-corrected chi connectivity index (χ0v) is 13.2. The first kappa shape index (κ1) is 15.6. The van der Waals surface area contributed by atoms with Gasteiger partial charge in [0.2, 0.25) is 6.79 Å². The average Bonchev–Trinajstić information content (AvgIpc) is 3.02. The molecule has 0 aromatic heterocycles. The fourth-order valence-corrected chi connectivity index (χ4v) is 3.02. The maximum atomic E-state index is 12.0. The van der Waals surface area contributed by atoms with E-state index in [1.54, 1.807) is 18.2 Å². The number of nitrogens with one attached hydrogen (secondary N) is 1. The fourth-order valence-electron chi connectivity index (χ4n) is 3.02. The van der Waals surface area contributed by atoms with Crippen molar-refractivity contribution in [3.05, 3.63) is 23.8 Å². The predicted octanol–water partition coefficient (Wildman–Crippen LogP) is 2.27. The number of ether oxygens (including phenoxy) is 3. The maximum absolute atomic E-state index is 12.0. The number of benzene rings is 1. The smallest absolute Gasteiger partial charge is 0.338 e. The minimum atomic E-state index is -0.546. The van der Waals surface area contributed by atoms with Crippen molar-refractivity contribution in [2.45, 2.75) is 38.6 Å². The Hall–Kier alpha value is -2.24. The van der Waals surface area contributed by atoms with Crippen LogP contribution in [0.2, 0.25) is 0 Å². The summed E-state index contributed by atoms with van der Waals surface area (Å²) in [7, 11) is 0. The molecule has 6 heteroatoms. The SMILES string of the molecule is C[C@H]1CCCC[C@@H]1NC(=O)COC(=O)c1ccc2c(c1)OCO2. The molecule has 1 aromatic carbocycles. The minimum absolute atomic E-state index is 0.149. The molecule has 1 fully saturated rings. The summed E-state index contributed by atoms with van der Waals surface area (Å²) in [6, 6.07) is 4.99. The van der Waals surface area contributed by atoms with Crippen LogP contribution in [0.1, 0.15) is 43.0 Å². The maximum Gasteiger partial charge on any atom is 0.338 e. The van der Waals surface area contributed by atoms with E-state index in [1.807, 2.05) is 0 Å². The minimum Gasteiger partial charge on any atom is -0.454 e. The molecule has 6 nitrogen and oxygen atoms in total. The summed E-state index contributed by atoms with van der Waals surface area (Å²) in [4.78, 5) is 24.0. The van der Waals surface area contributed by atoms with Crippen molar-refractivity contribution in [2.24, 2.45) is 5.92 Å². The van der Waals surface area contributed by atoms with E-state index < -0.39 is 5.97 Å². The van der Waals surface area contributed by atoms with Crippen molar-refractivity contribution in [3.8, 4) is 11.5 Å². The number of esters is 1. The Bertz CT molecular complexity index is 601. The lowest BCUT2D eigenvalue weighted by Gasteiger charge is -2.29. The van der Waals surface area contributed by atoms with Gasteiger partial charge in [0.05, 0.1) is 5.56 Å². The second-order valence-corrected chi connectivity index (χ2v) is 6.08. The number of fused-ring (bicyclic) bond motifs is 1. The molecule has 0 unspecified atom stereocenters. The van der Waals surface area contributed by atoms with Crippen molar-refractivity contribution in [1.29, 1.82) is 0 Å². The quantitative estimate of drug-likeness (QED) is 0.862. The Morgan fingerprint density at radius 2 is 2.00 bits per heavy atom. The average molecular weight is 319 g/mol. The van der Waals surface area contributed by atoms with Gasteiger partial charge >= 0.3 is 5.97 Å². The van der Waals surface area contributed by atoms with Crippen molar-refractivity contribution >= 4 is 11.9 Å². The normalized spacial score (nSPS) is 22.5. The van der Waals surface area contributed by atoms with Gasteiger partial charge in [-0.05, 0) is 37.0 Å². The highest BCUT2D eigenvalue weighted by atomic mass is 16.7. The molecule has 0 spiro atoms. The molecule has 3 rings (SSSR count). The molecule has 0 radical (unpaired) electrons. The highest BCUT2D eigenvalue weighted by molar-refractivity contribution is 5.92. The Balaban J connectivity index is 1.49. The van der Waals surface area contributed by atoms with Gasteiger partial charge in [0.1, 0.15) is 0 Å². The van der Waals surface area contributed by atoms with E-state index in [4.69, 9.17) is 14.2 Å².